The summed E-state index contributed by atoms with van der Waals surface area (Å²) in [5.41, 5.74) is 4.98. The van der Waals surface area contributed by atoms with Gasteiger partial charge in [0.1, 0.15) is 0 Å². The fourth-order valence-electron chi connectivity index (χ4n) is 2.69. The van der Waals surface area contributed by atoms with Crippen molar-refractivity contribution in [2.75, 3.05) is 10.6 Å². The Balaban J connectivity index is 1.73. The van der Waals surface area contributed by atoms with Crippen LogP contribution >= 0.6 is 0 Å². The first-order chi connectivity index (χ1) is 12.7. The summed E-state index contributed by atoms with van der Waals surface area (Å²) in [5, 5.41) is 15.3. The van der Waals surface area contributed by atoms with Crippen molar-refractivity contribution in [1.82, 2.24) is 0 Å². The maximum atomic E-state index is 12.4. The van der Waals surface area contributed by atoms with E-state index in [2.05, 4.69) is 16.7 Å². The average molecular weight is 341 g/mol. The molecule has 2 N–H and O–H groups in total. The molecule has 0 saturated carbocycles. The summed E-state index contributed by atoms with van der Waals surface area (Å²) < 4.78 is 0. The molecule has 0 saturated heterocycles. The monoisotopic (exact) mass is 341 g/mol. The molecule has 3 aromatic rings. The average Bonchev–Trinajstić information content (AvgIpc) is 2.69. The minimum Gasteiger partial charge on any atom is -0.381 e. The first-order valence-corrected chi connectivity index (χ1v) is 8.36. The number of nitriles is 1. The van der Waals surface area contributed by atoms with Crippen LogP contribution < -0.4 is 10.6 Å². The van der Waals surface area contributed by atoms with Gasteiger partial charge in [-0.2, -0.15) is 5.26 Å². The molecule has 26 heavy (non-hydrogen) atoms. The Labute approximate surface area is 153 Å². The summed E-state index contributed by atoms with van der Waals surface area (Å²) in [4.78, 5) is 12.4. The minimum atomic E-state index is -0.132. The van der Waals surface area contributed by atoms with Crippen molar-refractivity contribution in [3.05, 3.63) is 95.1 Å². The van der Waals surface area contributed by atoms with E-state index in [9.17, 15) is 4.79 Å². The summed E-state index contributed by atoms with van der Waals surface area (Å²) in [7, 11) is 0. The lowest BCUT2D eigenvalue weighted by atomic mass is 10.1. The highest BCUT2D eigenvalue weighted by Gasteiger charge is 2.09. The summed E-state index contributed by atoms with van der Waals surface area (Å²) in [5.74, 6) is -0.132. The van der Waals surface area contributed by atoms with Crippen molar-refractivity contribution in [3.8, 4) is 6.07 Å². The van der Waals surface area contributed by atoms with Gasteiger partial charge in [-0.15, -0.1) is 0 Å². The van der Waals surface area contributed by atoms with Gasteiger partial charge in [-0.25, -0.2) is 0 Å². The van der Waals surface area contributed by atoms with Crippen LogP contribution in [-0.2, 0) is 6.54 Å². The van der Waals surface area contributed by atoms with E-state index < -0.39 is 0 Å². The zero-order chi connectivity index (χ0) is 18.4. The van der Waals surface area contributed by atoms with Crippen molar-refractivity contribution in [1.29, 1.82) is 5.26 Å². The number of carbonyl (C=O) groups is 1. The van der Waals surface area contributed by atoms with E-state index in [0.717, 1.165) is 22.5 Å². The molecule has 3 aromatic carbocycles. The molecule has 0 spiro atoms. The van der Waals surface area contributed by atoms with E-state index in [-0.39, 0.29) is 5.91 Å². The molecule has 0 aliphatic rings. The van der Waals surface area contributed by atoms with Gasteiger partial charge in [0.25, 0.3) is 5.91 Å². The third kappa shape index (κ3) is 4.08. The Bertz CT molecular complexity index is 959. The lowest BCUT2D eigenvalue weighted by Crippen LogP contribution is -2.13. The fraction of sp³-hybridized carbons (Fsp3) is 0.0909. The van der Waals surface area contributed by atoms with Crippen LogP contribution in [0.2, 0.25) is 0 Å². The topological polar surface area (TPSA) is 64.9 Å². The van der Waals surface area contributed by atoms with E-state index in [0.29, 0.717) is 17.7 Å². The van der Waals surface area contributed by atoms with E-state index in [1.54, 1.807) is 18.2 Å². The maximum Gasteiger partial charge on any atom is 0.255 e. The summed E-state index contributed by atoms with van der Waals surface area (Å²) >= 11 is 0. The van der Waals surface area contributed by atoms with Gasteiger partial charge in [-0.1, -0.05) is 36.4 Å². The minimum absolute atomic E-state index is 0.132. The SMILES string of the molecule is Cc1c(NCc2cccc(C#N)c2)cccc1NC(=O)c1ccccc1. The summed E-state index contributed by atoms with van der Waals surface area (Å²) in [6.45, 7) is 2.57. The molecule has 4 nitrogen and oxygen atoms in total. The first kappa shape index (κ1) is 17.2. The molecule has 128 valence electrons. The zero-order valence-electron chi connectivity index (χ0n) is 14.5. The second kappa shape index (κ2) is 8.00. The van der Waals surface area contributed by atoms with Gasteiger partial charge in [0.15, 0.2) is 0 Å². The van der Waals surface area contributed by atoms with Crippen molar-refractivity contribution in [3.63, 3.8) is 0 Å². The number of hydrogen-bond acceptors (Lipinski definition) is 3. The Morgan fingerprint density at radius 2 is 1.69 bits per heavy atom. The summed E-state index contributed by atoms with van der Waals surface area (Å²) in [6, 6.07) is 24.6. The molecule has 0 radical (unpaired) electrons. The molecular formula is C22H19N3O. The lowest BCUT2D eigenvalue weighted by molar-refractivity contribution is 0.102. The molecule has 0 aliphatic carbocycles. The molecule has 0 bridgehead atoms. The van der Waals surface area contributed by atoms with Gasteiger partial charge in [-0.05, 0) is 54.4 Å². The third-order valence-corrected chi connectivity index (χ3v) is 4.16. The van der Waals surface area contributed by atoms with Gasteiger partial charge < -0.3 is 10.6 Å². The first-order valence-electron chi connectivity index (χ1n) is 8.36. The molecular weight excluding hydrogens is 322 g/mol. The second-order valence-electron chi connectivity index (χ2n) is 5.96. The molecule has 0 atom stereocenters. The molecule has 0 aromatic heterocycles. The molecule has 1 amide bonds. The molecule has 0 heterocycles. The van der Waals surface area contributed by atoms with Crippen LogP contribution in [0.5, 0.6) is 0 Å². The van der Waals surface area contributed by atoms with Crippen LogP contribution in [0.25, 0.3) is 0 Å². The normalized spacial score (nSPS) is 10.0. The predicted molar refractivity (Wildman–Crippen MR) is 104 cm³/mol. The lowest BCUT2D eigenvalue weighted by Gasteiger charge is -2.14. The third-order valence-electron chi connectivity index (χ3n) is 4.16. The van der Waals surface area contributed by atoms with Gasteiger partial charge >= 0.3 is 0 Å². The van der Waals surface area contributed by atoms with Crippen LogP contribution in [0.4, 0.5) is 11.4 Å². The molecule has 0 aliphatic heterocycles. The van der Waals surface area contributed by atoms with Crippen LogP contribution in [0.15, 0.2) is 72.8 Å². The van der Waals surface area contributed by atoms with Gasteiger partial charge in [0, 0.05) is 23.5 Å². The van der Waals surface area contributed by atoms with Gasteiger partial charge in [0.05, 0.1) is 11.6 Å². The highest BCUT2D eigenvalue weighted by atomic mass is 16.1. The Kier molecular flexibility index (Phi) is 5.31. The van der Waals surface area contributed by atoms with Crippen LogP contribution in [0.3, 0.4) is 0 Å². The number of hydrogen-bond donors (Lipinski definition) is 2. The molecule has 0 fully saturated rings. The number of rotatable bonds is 5. The van der Waals surface area contributed by atoms with Crippen molar-refractivity contribution >= 4 is 17.3 Å². The molecule has 0 unspecified atom stereocenters. The second-order valence-corrected chi connectivity index (χ2v) is 5.96. The smallest absolute Gasteiger partial charge is 0.255 e. The number of carbonyl (C=O) groups excluding carboxylic acids is 1. The van der Waals surface area contributed by atoms with Crippen LogP contribution in [0.1, 0.15) is 27.0 Å². The highest BCUT2D eigenvalue weighted by Crippen LogP contribution is 2.24. The predicted octanol–water partition coefficient (Wildman–Crippen LogP) is 4.73. The largest absolute Gasteiger partial charge is 0.381 e. The Morgan fingerprint density at radius 3 is 2.46 bits per heavy atom. The van der Waals surface area contributed by atoms with Gasteiger partial charge in [-0.3, -0.25) is 4.79 Å². The summed E-state index contributed by atoms with van der Waals surface area (Å²) in [6.07, 6.45) is 0. The van der Waals surface area contributed by atoms with Crippen LogP contribution in [0, 0.1) is 18.3 Å². The van der Waals surface area contributed by atoms with E-state index >= 15 is 0 Å². The number of amides is 1. The number of anilines is 2. The van der Waals surface area contributed by atoms with Crippen molar-refractivity contribution in [2.45, 2.75) is 13.5 Å². The van der Waals surface area contributed by atoms with E-state index in [1.165, 1.54) is 0 Å². The van der Waals surface area contributed by atoms with E-state index in [1.807, 2.05) is 61.5 Å². The Morgan fingerprint density at radius 1 is 0.962 bits per heavy atom. The number of nitrogens with zero attached hydrogens (tertiary/aromatic N) is 1. The van der Waals surface area contributed by atoms with Crippen molar-refractivity contribution < 1.29 is 4.79 Å². The number of benzene rings is 3. The van der Waals surface area contributed by atoms with Crippen molar-refractivity contribution in [2.24, 2.45) is 0 Å². The maximum absolute atomic E-state index is 12.4. The zero-order valence-corrected chi connectivity index (χ0v) is 14.5. The quantitative estimate of drug-likeness (QED) is 0.705. The standard InChI is InChI=1S/C22H19N3O/c1-16-20(24-15-18-8-5-7-17(13-18)14-23)11-6-12-21(16)25-22(26)19-9-3-2-4-10-19/h2-13,24H,15H2,1H3,(H,25,26). The molecule has 3 rings (SSSR count). The number of nitrogens with one attached hydrogen (secondary N) is 2. The van der Waals surface area contributed by atoms with Gasteiger partial charge in [0.2, 0.25) is 0 Å². The van der Waals surface area contributed by atoms with E-state index in [4.69, 9.17) is 5.26 Å². The Hall–Kier alpha value is -3.58. The van der Waals surface area contributed by atoms with Crippen LogP contribution in [-0.4, -0.2) is 5.91 Å². The fourth-order valence-corrected chi connectivity index (χ4v) is 2.69. The highest BCUT2D eigenvalue weighted by molar-refractivity contribution is 6.04. The molecule has 4 heteroatoms.